The summed E-state index contributed by atoms with van der Waals surface area (Å²) in [6, 6.07) is 7.44. The van der Waals surface area contributed by atoms with Gasteiger partial charge in [0.25, 0.3) is 5.91 Å². The molecule has 5 heteroatoms. The number of carbonyl (C=O) groups is 1. The van der Waals surface area contributed by atoms with Crippen LogP contribution in [0.4, 0.5) is 0 Å². The van der Waals surface area contributed by atoms with Gasteiger partial charge in [0.2, 0.25) is 0 Å². The number of nitrogens with one attached hydrogen (secondary N) is 1. The summed E-state index contributed by atoms with van der Waals surface area (Å²) < 4.78 is 5.16. The van der Waals surface area contributed by atoms with Crippen LogP contribution in [0.2, 0.25) is 0 Å². The number of methoxy groups -OCH3 is 1. The molecule has 0 bridgehead atoms. The van der Waals surface area contributed by atoms with Crippen molar-refractivity contribution in [3.8, 4) is 5.75 Å². The number of hydrogen-bond acceptors (Lipinski definition) is 4. The number of amides is 1. The number of hydrogen-bond donors (Lipinski definition) is 1. The Morgan fingerprint density at radius 3 is 2.89 bits per heavy atom. The Morgan fingerprint density at radius 1 is 1.37 bits per heavy atom. The molecule has 0 radical (unpaired) electrons. The van der Waals surface area contributed by atoms with Gasteiger partial charge in [-0.1, -0.05) is 12.1 Å². The Morgan fingerprint density at radius 2 is 2.21 bits per heavy atom. The molecule has 2 aromatic rings. The molecular formula is C14H15N3O2. The summed E-state index contributed by atoms with van der Waals surface area (Å²) in [6.45, 7) is 1.91. The molecule has 0 spiro atoms. The van der Waals surface area contributed by atoms with Crippen molar-refractivity contribution in [3.63, 3.8) is 0 Å². The van der Waals surface area contributed by atoms with Crippen LogP contribution in [-0.4, -0.2) is 23.0 Å². The molecule has 0 aliphatic rings. The molecule has 1 N–H and O–H groups in total. The highest BCUT2D eigenvalue weighted by atomic mass is 16.5. The molecule has 1 amide bonds. The Balaban J connectivity index is 2.08. The van der Waals surface area contributed by atoms with Gasteiger partial charge in [-0.05, 0) is 24.6 Å². The summed E-state index contributed by atoms with van der Waals surface area (Å²) in [4.78, 5) is 19.8. The van der Waals surface area contributed by atoms with Crippen molar-refractivity contribution in [2.75, 3.05) is 7.11 Å². The quantitative estimate of drug-likeness (QED) is 0.909. The van der Waals surface area contributed by atoms with Gasteiger partial charge in [0, 0.05) is 12.4 Å². The first-order valence-corrected chi connectivity index (χ1v) is 5.91. The molecule has 0 fully saturated rings. The van der Waals surface area contributed by atoms with E-state index >= 15 is 0 Å². The number of rotatable bonds is 4. The minimum Gasteiger partial charge on any atom is -0.497 e. The van der Waals surface area contributed by atoms with E-state index in [9.17, 15) is 4.79 Å². The Labute approximate surface area is 111 Å². The monoisotopic (exact) mass is 257 g/mol. The van der Waals surface area contributed by atoms with Crippen LogP contribution in [0.5, 0.6) is 5.75 Å². The van der Waals surface area contributed by atoms with Gasteiger partial charge in [0.1, 0.15) is 11.4 Å². The topological polar surface area (TPSA) is 64.1 Å². The van der Waals surface area contributed by atoms with Crippen LogP contribution in [-0.2, 0) is 0 Å². The summed E-state index contributed by atoms with van der Waals surface area (Å²) in [5, 5.41) is 2.87. The minimum absolute atomic E-state index is 0.135. The highest BCUT2D eigenvalue weighted by molar-refractivity contribution is 5.92. The van der Waals surface area contributed by atoms with Crippen LogP contribution in [0.3, 0.4) is 0 Å². The fourth-order valence-electron chi connectivity index (χ4n) is 1.68. The van der Waals surface area contributed by atoms with Crippen molar-refractivity contribution in [2.24, 2.45) is 0 Å². The van der Waals surface area contributed by atoms with Crippen LogP contribution in [0.25, 0.3) is 0 Å². The first kappa shape index (κ1) is 13.0. The Hall–Kier alpha value is -2.43. The van der Waals surface area contributed by atoms with Crippen LogP contribution >= 0.6 is 0 Å². The molecular weight excluding hydrogens is 242 g/mol. The van der Waals surface area contributed by atoms with Gasteiger partial charge in [-0.2, -0.15) is 0 Å². The van der Waals surface area contributed by atoms with Gasteiger partial charge in [-0.3, -0.25) is 9.78 Å². The Kier molecular flexibility index (Phi) is 4.07. The molecule has 98 valence electrons. The second-order valence-corrected chi connectivity index (χ2v) is 4.06. The molecule has 0 aliphatic heterocycles. The minimum atomic E-state index is -0.247. The third kappa shape index (κ3) is 3.28. The standard InChI is InChI=1S/C14H15N3O2/c1-10(11-4-3-5-12(8-11)19-2)17-14(18)13-9-15-6-7-16-13/h3-10H,1-2H3,(H,17,18). The molecule has 0 aliphatic carbocycles. The van der Waals surface area contributed by atoms with Crippen molar-refractivity contribution in [1.82, 2.24) is 15.3 Å². The fourth-order valence-corrected chi connectivity index (χ4v) is 1.68. The zero-order valence-corrected chi connectivity index (χ0v) is 10.8. The van der Waals surface area contributed by atoms with Gasteiger partial charge in [0.05, 0.1) is 19.3 Å². The maximum atomic E-state index is 11.9. The van der Waals surface area contributed by atoms with Crippen LogP contribution in [0, 0.1) is 0 Å². The molecule has 1 aromatic heterocycles. The van der Waals surface area contributed by atoms with Crippen molar-refractivity contribution < 1.29 is 9.53 Å². The lowest BCUT2D eigenvalue weighted by Crippen LogP contribution is -2.27. The summed E-state index contributed by atoms with van der Waals surface area (Å²) in [6.07, 6.45) is 4.46. The van der Waals surface area contributed by atoms with E-state index in [1.807, 2.05) is 31.2 Å². The van der Waals surface area contributed by atoms with Gasteiger partial charge in [-0.15, -0.1) is 0 Å². The van der Waals surface area contributed by atoms with E-state index in [0.29, 0.717) is 5.69 Å². The highest BCUT2D eigenvalue weighted by Crippen LogP contribution is 2.18. The van der Waals surface area contributed by atoms with Crippen molar-refractivity contribution in [3.05, 3.63) is 54.1 Å². The third-order valence-corrected chi connectivity index (χ3v) is 2.74. The SMILES string of the molecule is COc1cccc(C(C)NC(=O)c2cnccn2)c1. The average molecular weight is 257 g/mol. The maximum Gasteiger partial charge on any atom is 0.271 e. The number of ether oxygens (including phenoxy) is 1. The molecule has 19 heavy (non-hydrogen) atoms. The summed E-state index contributed by atoms with van der Waals surface area (Å²) in [7, 11) is 1.61. The molecule has 5 nitrogen and oxygen atoms in total. The number of benzene rings is 1. The lowest BCUT2D eigenvalue weighted by atomic mass is 10.1. The van der Waals surface area contributed by atoms with Crippen molar-refractivity contribution in [2.45, 2.75) is 13.0 Å². The molecule has 1 atom stereocenters. The van der Waals surface area contributed by atoms with E-state index in [1.54, 1.807) is 7.11 Å². The van der Waals surface area contributed by atoms with E-state index in [1.165, 1.54) is 18.6 Å². The lowest BCUT2D eigenvalue weighted by molar-refractivity contribution is 0.0934. The smallest absolute Gasteiger partial charge is 0.271 e. The van der Waals surface area contributed by atoms with Crippen molar-refractivity contribution >= 4 is 5.91 Å². The molecule has 0 saturated heterocycles. The van der Waals surface area contributed by atoms with Crippen LogP contribution < -0.4 is 10.1 Å². The predicted molar refractivity (Wildman–Crippen MR) is 70.9 cm³/mol. The van der Waals surface area contributed by atoms with E-state index in [4.69, 9.17) is 4.74 Å². The highest BCUT2D eigenvalue weighted by Gasteiger charge is 2.12. The first-order chi connectivity index (χ1) is 9.20. The Bertz CT molecular complexity index is 558. The molecule has 1 heterocycles. The maximum absolute atomic E-state index is 11.9. The fraction of sp³-hybridized carbons (Fsp3) is 0.214. The van der Waals surface area contributed by atoms with Gasteiger partial charge in [0.15, 0.2) is 0 Å². The first-order valence-electron chi connectivity index (χ1n) is 5.91. The average Bonchev–Trinajstić information content (AvgIpc) is 2.48. The summed E-state index contributed by atoms with van der Waals surface area (Å²) in [5.74, 6) is 0.515. The van der Waals surface area contributed by atoms with Crippen LogP contribution in [0.15, 0.2) is 42.9 Å². The lowest BCUT2D eigenvalue weighted by Gasteiger charge is -2.14. The summed E-state index contributed by atoms with van der Waals surface area (Å²) >= 11 is 0. The van der Waals surface area contributed by atoms with Crippen LogP contribution in [0.1, 0.15) is 29.0 Å². The van der Waals surface area contributed by atoms with Gasteiger partial charge in [-0.25, -0.2) is 4.98 Å². The zero-order valence-electron chi connectivity index (χ0n) is 10.8. The van der Waals surface area contributed by atoms with Gasteiger partial charge < -0.3 is 10.1 Å². The largest absolute Gasteiger partial charge is 0.497 e. The number of carbonyl (C=O) groups excluding carboxylic acids is 1. The van der Waals surface area contributed by atoms with Crippen molar-refractivity contribution in [1.29, 1.82) is 0 Å². The zero-order chi connectivity index (χ0) is 13.7. The molecule has 0 saturated carbocycles. The summed E-state index contributed by atoms with van der Waals surface area (Å²) in [5.41, 5.74) is 1.27. The van der Waals surface area contributed by atoms with Gasteiger partial charge >= 0.3 is 0 Å². The second-order valence-electron chi connectivity index (χ2n) is 4.06. The van der Waals surface area contributed by atoms with E-state index in [0.717, 1.165) is 11.3 Å². The molecule has 2 rings (SSSR count). The predicted octanol–water partition coefficient (Wildman–Crippen LogP) is 1.98. The molecule has 1 aromatic carbocycles. The second kappa shape index (κ2) is 5.95. The normalized spacial score (nSPS) is 11.7. The van der Waals surface area contributed by atoms with E-state index in [-0.39, 0.29) is 11.9 Å². The molecule has 1 unspecified atom stereocenters. The number of nitrogens with zero attached hydrogens (tertiary/aromatic N) is 2. The third-order valence-electron chi connectivity index (χ3n) is 2.74. The number of aromatic nitrogens is 2. The van der Waals surface area contributed by atoms with E-state index in [2.05, 4.69) is 15.3 Å². The van der Waals surface area contributed by atoms with E-state index < -0.39 is 0 Å².